The highest BCUT2D eigenvalue weighted by Gasteiger charge is 2.58. The highest BCUT2D eigenvalue weighted by molar-refractivity contribution is 5.90. The van der Waals surface area contributed by atoms with Gasteiger partial charge in [0, 0.05) is 41.0 Å². The third-order valence-corrected chi connectivity index (χ3v) is 14.9. The second-order valence-electron chi connectivity index (χ2n) is 21.6. The van der Waals surface area contributed by atoms with Crippen LogP contribution in [-0.4, -0.2) is 68.3 Å². The van der Waals surface area contributed by atoms with E-state index in [9.17, 15) is 9.59 Å². The zero-order chi connectivity index (χ0) is 61.3. The molecule has 2 fully saturated rings. The summed E-state index contributed by atoms with van der Waals surface area (Å²) in [6.07, 6.45) is -0.666. The van der Waals surface area contributed by atoms with Gasteiger partial charge < -0.3 is 61.3 Å². The van der Waals surface area contributed by atoms with Gasteiger partial charge in [0.1, 0.15) is 72.1 Å². The lowest BCUT2D eigenvalue weighted by Gasteiger charge is -2.40. The molecule has 0 bridgehead atoms. The number of carbonyl (C=O) groups excluding carboxylic acids is 2. The predicted octanol–water partition coefficient (Wildman–Crippen LogP) is 13.6. The molecule has 3 aliphatic rings. The molecular weight excluding hydrogens is 1130 g/mol. The Balaban J connectivity index is 0.969. The van der Waals surface area contributed by atoms with Gasteiger partial charge >= 0.3 is 17.7 Å². The molecular formula is C73H64O16. The number of hydrogen-bond acceptors (Lipinski definition) is 16. The lowest BCUT2D eigenvalue weighted by Crippen LogP contribution is -2.60. The lowest BCUT2D eigenvalue weighted by atomic mass is 9.97. The van der Waals surface area contributed by atoms with E-state index in [1.807, 2.05) is 147 Å². The summed E-state index contributed by atoms with van der Waals surface area (Å²) in [4.78, 5) is 43.9. The molecule has 0 spiro atoms. The van der Waals surface area contributed by atoms with E-state index >= 15 is 4.79 Å². The largest absolute Gasteiger partial charge is 0.494 e. The normalized spacial score (nSPS) is 18.7. The van der Waals surface area contributed by atoms with E-state index < -0.39 is 59.6 Å². The van der Waals surface area contributed by atoms with Gasteiger partial charge in [0.05, 0.1) is 13.2 Å². The maximum absolute atomic E-state index is 16.1. The Labute approximate surface area is 514 Å². The summed E-state index contributed by atoms with van der Waals surface area (Å²) in [6.45, 7) is 8.04. The van der Waals surface area contributed by atoms with Crippen LogP contribution in [0.5, 0.6) is 40.2 Å². The molecule has 0 unspecified atom stereocenters. The molecule has 0 amide bonds. The molecule has 4 heterocycles. The van der Waals surface area contributed by atoms with Crippen LogP contribution in [0.2, 0.25) is 0 Å². The van der Waals surface area contributed by atoms with Crippen LogP contribution < -0.4 is 38.6 Å². The summed E-state index contributed by atoms with van der Waals surface area (Å²) in [7, 11) is 0. The van der Waals surface area contributed by atoms with Gasteiger partial charge in [0.2, 0.25) is 17.5 Å². The molecule has 9 aromatic rings. The van der Waals surface area contributed by atoms with Gasteiger partial charge in [0.15, 0.2) is 29.2 Å². The van der Waals surface area contributed by atoms with E-state index in [0.29, 0.717) is 53.1 Å². The lowest BCUT2D eigenvalue weighted by molar-refractivity contribution is -0.261. The third-order valence-electron chi connectivity index (χ3n) is 14.9. The predicted molar refractivity (Wildman–Crippen MR) is 332 cm³/mol. The van der Waals surface area contributed by atoms with Crippen LogP contribution >= 0.6 is 0 Å². The summed E-state index contributed by atoms with van der Waals surface area (Å²) >= 11 is 0. The third kappa shape index (κ3) is 13.6. The van der Waals surface area contributed by atoms with Crippen molar-refractivity contribution >= 4 is 35.1 Å². The average Bonchev–Trinajstić information content (AvgIpc) is 1.79. The van der Waals surface area contributed by atoms with Crippen LogP contribution in [0.25, 0.3) is 34.4 Å². The minimum Gasteiger partial charge on any atom is -0.494 e. The topological polar surface area (TPSA) is 175 Å². The van der Waals surface area contributed by atoms with Gasteiger partial charge in [-0.1, -0.05) is 146 Å². The van der Waals surface area contributed by atoms with Crippen molar-refractivity contribution in [2.75, 3.05) is 19.8 Å². The van der Waals surface area contributed by atoms with Gasteiger partial charge in [-0.15, -0.1) is 0 Å². The van der Waals surface area contributed by atoms with Crippen molar-refractivity contribution in [3.63, 3.8) is 0 Å². The number of carbonyl (C=O) groups is 2. The van der Waals surface area contributed by atoms with Gasteiger partial charge in [-0.05, 0) is 105 Å². The molecule has 12 rings (SSSR count). The number of rotatable bonds is 22. The maximum atomic E-state index is 16.1. The van der Waals surface area contributed by atoms with Crippen LogP contribution in [0.4, 0.5) is 0 Å². The van der Waals surface area contributed by atoms with Crippen molar-refractivity contribution < 1.29 is 70.8 Å². The first-order valence-corrected chi connectivity index (χ1v) is 29.4. The number of esters is 2. The molecule has 452 valence electrons. The summed E-state index contributed by atoms with van der Waals surface area (Å²) in [6, 6.07) is 61.1. The Bertz CT molecular complexity index is 4000. The number of hydrogen-bond donors (Lipinski definition) is 0. The molecule has 16 heteroatoms. The number of ether oxygens (including phenoxy) is 12. The van der Waals surface area contributed by atoms with E-state index in [1.54, 1.807) is 92.7 Å². The van der Waals surface area contributed by atoms with E-state index in [0.717, 1.165) is 27.8 Å². The fourth-order valence-electron chi connectivity index (χ4n) is 10.8. The van der Waals surface area contributed by atoms with E-state index in [4.69, 9.17) is 61.3 Å². The molecule has 0 radical (unpaired) electrons. The number of fused-ring (bicyclic) bond motifs is 3. The van der Waals surface area contributed by atoms with Crippen molar-refractivity contribution in [2.45, 2.75) is 83.2 Å². The van der Waals surface area contributed by atoms with E-state index in [2.05, 4.69) is 0 Å². The SMILES string of the molecule is CCOc1ccc(/C=C/C(=O)OC[C@H]2O[C@@H](Oc3c(-c4ccc5c(c4)OC(c4ccccc4)(c4ccccc4)O5)oc4cc(OCc5ccccc5)cc(OCc5ccccc5)c4c3=O)[C@H](OC(=O)/C=C/c3ccc(OCC)cc3)[C@H]3OC(C)(C)O[C@H]32)cc1. The van der Waals surface area contributed by atoms with E-state index in [1.165, 1.54) is 12.2 Å². The minimum absolute atomic E-state index is 0.00782. The first-order valence-electron chi connectivity index (χ1n) is 29.4. The Hall–Kier alpha value is -10.1. The monoisotopic (exact) mass is 1200 g/mol. The van der Waals surface area contributed by atoms with Gasteiger partial charge in [0.25, 0.3) is 0 Å². The quantitative estimate of drug-likeness (QED) is 0.0462. The van der Waals surface area contributed by atoms with Gasteiger partial charge in [-0.3, -0.25) is 4.79 Å². The zero-order valence-electron chi connectivity index (χ0n) is 49.3. The van der Waals surface area contributed by atoms with Crippen LogP contribution in [-0.2, 0) is 52.3 Å². The van der Waals surface area contributed by atoms with E-state index in [-0.39, 0.29) is 48.0 Å². The summed E-state index contributed by atoms with van der Waals surface area (Å²) in [5.41, 5.74) is 4.28. The smallest absolute Gasteiger partial charge is 0.331 e. The van der Waals surface area contributed by atoms with Crippen molar-refractivity contribution in [3.05, 3.63) is 256 Å². The second-order valence-corrected chi connectivity index (χ2v) is 21.6. The molecule has 5 atom stereocenters. The highest BCUT2D eigenvalue weighted by atomic mass is 16.8. The molecule has 2 saturated heterocycles. The fraction of sp³-hybridized carbons (Fsp3) is 0.219. The Kier molecular flexibility index (Phi) is 17.6. The molecule has 1 aromatic heterocycles. The minimum atomic E-state index is -1.68. The Morgan fingerprint density at radius 3 is 1.71 bits per heavy atom. The summed E-state index contributed by atoms with van der Waals surface area (Å²) in [5, 5.41) is -0.00782. The molecule has 89 heavy (non-hydrogen) atoms. The van der Waals surface area contributed by atoms with Crippen molar-refractivity contribution in [1.29, 1.82) is 0 Å². The van der Waals surface area contributed by atoms with Gasteiger partial charge in [-0.2, -0.15) is 0 Å². The molecule has 3 aliphatic heterocycles. The van der Waals surface area contributed by atoms with Crippen LogP contribution in [0.15, 0.2) is 222 Å². The highest BCUT2D eigenvalue weighted by Crippen LogP contribution is 2.50. The van der Waals surface area contributed by atoms with Crippen molar-refractivity contribution in [3.8, 4) is 51.6 Å². The Morgan fingerprint density at radius 1 is 0.562 bits per heavy atom. The fourth-order valence-corrected chi connectivity index (χ4v) is 10.8. The average molecular weight is 1200 g/mol. The second kappa shape index (κ2) is 26.5. The Morgan fingerprint density at radius 2 is 1.11 bits per heavy atom. The zero-order valence-corrected chi connectivity index (χ0v) is 49.3. The van der Waals surface area contributed by atoms with Crippen molar-refractivity contribution in [1.82, 2.24) is 0 Å². The summed E-state index contributed by atoms with van der Waals surface area (Å²) in [5.74, 6) is -2.12. The first-order chi connectivity index (χ1) is 43.4. The first kappa shape index (κ1) is 59.2. The number of benzene rings is 8. The van der Waals surface area contributed by atoms with Gasteiger partial charge in [-0.25, -0.2) is 9.59 Å². The standard InChI is InChI=1S/C73H64O16/c1-5-77-54-34-27-47(28-35-54)31-39-62(74)81-46-61-67-69(89-72(3,4)88-67)70(84-63(75)40-32-48-29-36-55(37-30-48)78-6-2)71(83-61)85-68-65(76)64-59(80-45-50-21-13-8-14-22-50)42-56(79-44-49-19-11-7-12-20-49)43-60(64)82-66(68)51-33-38-57-58(41-51)87-73(86-57,52-23-15-9-16-24-52)53-25-17-10-18-26-53/h7-43,61,67,69-71H,5-6,44-46H2,1-4H3/b39-31+,40-32+/t61-,67+,69+,70-,71+/m1/s1. The molecule has 8 aromatic carbocycles. The summed E-state index contributed by atoms with van der Waals surface area (Å²) < 4.78 is 84.0. The van der Waals surface area contributed by atoms with Crippen LogP contribution in [0, 0.1) is 0 Å². The maximum Gasteiger partial charge on any atom is 0.331 e. The molecule has 16 nitrogen and oxygen atoms in total. The van der Waals surface area contributed by atoms with Crippen LogP contribution in [0.3, 0.4) is 0 Å². The molecule has 0 N–H and O–H groups in total. The molecule has 0 aliphatic carbocycles. The van der Waals surface area contributed by atoms with Crippen molar-refractivity contribution in [2.24, 2.45) is 0 Å². The molecule has 0 saturated carbocycles. The van der Waals surface area contributed by atoms with Crippen LogP contribution in [0.1, 0.15) is 61.1 Å².